The Bertz CT molecular complexity index is 1190. The second-order valence-corrected chi connectivity index (χ2v) is 8.82. The number of nitrogens with zero attached hydrogens (tertiary/aromatic N) is 1. The number of aryl methyl sites for hydroxylation is 2. The molecular weight excluding hydrogens is 422 g/mol. The van der Waals surface area contributed by atoms with Gasteiger partial charge in [-0.25, -0.2) is 0 Å². The van der Waals surface area contributed by atoms with Gasteiger partial charge in [0.25, 0.3) is 5.91 Å². The van der Waals surface area contributed by atoms with Gasteiger partial charge in [0.15, 0.2) is 5.78 Å². The number of rotatable bonds is 4. The van der Waals surface area contributed by atoms with Gasteiger partial charge in [0.1, 0.15) is 0 Å². The molecule has 1 aliphatic heterocycles. The molecule has 0 aliphatic carbocycles. The van der Waals surface area contributed by atoms with E-state index in [1.54, 1.807) is 29.2 Å². The summed E-state index contributed by atoms with van der Waals surface area (Å²) in [6.07, 6.45) is 0.923. The van der Waals surface area contributed by atoms with Crippen molar-refractivity contribution in [3.8, 4) is 0 Å². The van der Waals surface area contributed by atoms with Gasteiger partial charge in [0.2, 0.25) is 0 Å². The van der Waals surface area contributed by atoms with Crippen LogP contribution in [0.15, 0.2) is 60.7 Å². The van der Waals surface area contributed by atoms with Gasteiger partial charge in [-0.1, -0.05) is 48.0 Å². The van der Waals surface area contributed by atoms with Crippen molar-refractivity contribution in [1.82, 2.24) is 0 Å². The second kappa shape index (κ2) is 9.27. The van der Waals surface area contributed by atoms with Crippen molar-refractivity contribution in [2.45, 2.75) is 39.2 Å². The lowest BCUT2D eigenvalue weighted by Gasteiger charge is -2.24. The number of anilines is 1. The molecule has 4 rings (SSSR count). The molecule has 1 amide bonds. The fraction of sp³-hybridized carbons (Fsp3) is 0.259. The Morgan fingerprint density at radius 1 is 1.00 bits per heavy atom. The molecular formula is C27H26ClNO3. The molecule has 1 atom stereocenters. The molecule has 3 aromatic carbocycles. The van der Waals surface area contributed by atoms with Gasteiger partial charge in [0.05, 0.1) is 6.10 Å². The lowest BCUT2D eigenvalue weighted by atomic mass is 9.96. The van der Waals surface area contributed by atoms with Gasteiger partial charge in [-0.05, 0) is 67.6 Å². The third-order valence-electron chi connectivity index (χ3n) is 6.08. The minimum absolute atomic E-state index is 0.0638. The molecule has 32 heavy (non-hydrogen) atoms. The molecule has 0 unspecified atom stereocenters. The zero-order valence-electron chi connectivity index (χ0n) is 18.3. The maximum Gasteiger partial charge on any atom is 0.258 e. The first-order valence-electron chi connectivity index (χ1n) is 10.8. The summed E-state index contributed by atoms with van der Waals surface area (Å²) in [5, 5.41) is 11.0. The first-order chi connectivity index (χ1) is 15.3. The first-order valence-corrected chi connectivity index (χ1v) is 11.2. The van der Waals surface area contributed by atoms with E-state index in [0.29, 0.717) is 41.2 Å². The fourth-order valence-corrected chi connectivity index (χ4v) is 4.54. The molecule has 0 bridgehead atoms. The average Bonchev–Trinajstić information content (AvgIpc) is 2.92. The zero-order valence-corrected chi connectivity index (χ0v) is 19.0. The van der Waals surface area contributed by atoms with Crippen LogP contribution in [0.4, 0.5) is 5.69 Å². The van der Waals surface area contributed by atoms with Gasteiger partial charge in [-0.3, -0.25) is 9.59 Å². The van der Waals surface area contributed by atoms with E-state index in [0.717, 1.165) is 22.3 Å². The molecule has 164 valence electrons. The number of amides is 1. The van der Waals surface area contributed by atoms with Crippen LogP contribution in [0.1, 0.15) is 61.9 Å². The highest BCUT2D eigenvalue weighted by atomic mass is 35.5. The number of carbonyl (C=O) groups excluding carboxylic acids is 2. The molecule has 3 aromatic rings. The third-order valence-corrected chi connectivity index (χ3v) is 6.31. The van der Waals surface area contributed by atoms with Crippen molar-refractivity contribution < 1.29 is 14.7 Å². The number of carbonyl (C=O) groups is 2. The number of Topliss-reactive ketones (excluding diaryl/α,β-unsaturated/α-hetero) is 1. The largest absolute Gasteiger partial charge is 0.388 e. The van der Waals surface area contributed by atoms with Crippen molar-refractivity contribution in [1.29, 1.82) is 0 Å². The number of aliphatic hydroxyl groups is 1. The summed E-state index contributed by atoms with van der Waals surface area (Å²) < 4.78 is 0. The van der Waals surface area contributed by atoms with Gasteiger partial charge in [-0.2, -0.15) is 0 Å². The number of fused-ring (bicyclic) bond motifs is 1. The molecule has 0 radical (unpaired) electrons. The Morgan fingerprint density at radius 2 is 1.78 bits per heavy atom. The van der Waals surface area contributed by atoms with E-state index in [1.165, 1.54) is 0 Å². The Kier molecular flexibility index (Phi) is 6.45. The number of benzene rings is 3. The van der Waals surface area contributed by atoms with Gasteiger partial charge in [-0.15, -0.1) is 0 Å². The molecule has 5 heteroatoms. The minimum atomic E-state index is -0.641. The molecule has 0 aromatic heterocycles. The lowest BCUT2D eigenvalue weighted by Crippen LogP contribution is -2.32. The van der Waals surface area contributed by atoms with E-state index in [9.17, 15) is 14.7 Å². The maximum absolute atomic E-state index is 13.5. The summed E-state index contributed by atoms with van der Waals surface area (Å²) >= 11 is 6.14. The summed E-state index contributed by atoms with van der Waals surface area (Å²) in [6, 6.07) is 18.4. The van der Waals surface area contributed by atoms with E-state index in [4.69, 9.17) is 11.6 Å². The number of aliphatic hydroxyl groups excluding tert-OH is 1. The molecule has 1 aliphatic rings. The van der Waals surface area contributed by atoms with E-state index < -0.39 is 6.10 Å². The predicted octanol–water partition coefficient (Wildman–Crippen LogP) is 5.86. The van der Waals surface area contributed by atoms with Crippen LogP contribution in [-0.4, -0.2) is 23.3 Å². The smallest absolute Gasteiger partial charge is 0.258 e. The number of hydrogen-bond acceptors (Lipinski definition) is 3. The third kappa shape index (κ3) is 4.47. The van der Waals surface area contributed by atoms with Gasteiger partial charge in [0, 0.05) is 40.4 Å². The minimum Gasteiger partial charge on any atom is -0.388 e. The number of halogens is 1. The van der Waals surface area contributed by atoms with Crippen LogP contribution in [0.3, 0.4) is 0 Å². The van der Waals surface area contributed by atoms with Crippen LogP contribution in [-0.2, 0) is 6.42 Å². The summed E-state index contributed by atoms with van der Waals surface area (Å²) in [7, 11) is 0. The first kappa shape index (κ1) is 22.3. The standard InChI is InChI=1S/C27H26ClNO3/c1-17-6-3-4-7-21(17)26(31)15-19-9-11-22(18(2)14-19)27(32)29-13-5-8-25(30)23-16-20(28)10-12-24(23)29/h3-4,6-7,9-12,14,16,25,30H,5,8,13,15H2,1-2H3/t25-/m1/s1. The highest BCUT2D eigenvalue weighted by Crippen LogP contribution is 2.35. The van der Waals surface area contributed by atoms with E-state index in [2.05, 4.69) is 0 Å². The Morgan fingerprint density at radius 3 is 2.53 bits per heavy atom. The van der Waals surface area contributed by atoms with Gasteiger partial charge < -0.3 is 10.0 Å². The molecule has 4 nitrogen and oxygen atoms in total. The molecule has 1 N–H and O–H groups in total. The normalized spacial score (nSPS) is 15.8. The van der Waals surface area contributed by atoms with Crippen molar-refractivity contribution in [2.24, 2.45) is 0 Å². The van der Waals surface area contributed by atoms with Crippen LogP contribution in [0.25, 0.3) is 0 Å². The quantitative estimate of drug-likeness (QED) is 0.510. The number of ketones is 1. The monoisotopic (exact) mass is 447 g/mol. The Labute approximate surface area is 193 Å². The molecule has 0 saturated heterocycles. The molecule has 0 spiro atoms. The highest BCUT2D eigenvalue weighted by Gasteiger charge is 2.27. The van der Waals surface area contributed by atoms with Crippen LogP contribution < -0.4 is 4.90 Å². The predicted molar refractivity (Wildman–Crippen MR) is 128 cm³/mol. The van der Waals surface area contributed by atoms with Crippen molar-refractivity contribution in [3.63, 3.8) is 0 Å². The average molecular weight is 448 g/mol. The van der Waals surface area contributed by atoms with E-state index in [1.807, 2.05) is 50.2 Å². The van der Waals surface area contributed by atoms with Crippen molar-refractivity contribution in [3.05, 3.63) is 99.1 Å². The topological polar surface area (TPSA) is 57.6 Å². The fourth-order valence-electron chi connectivity index (χ4n) is 4.36. The number of hydrogen-bond donors (Lipinski definition) is 1. The summed E-state index contributed by atoms with van der Waals surface area (Å²) in [5.74, 6) is -0.0501. The highest BCUT2D eigenvalue weighted by molar-refractivity contribution is 6.30. The van der Waals surface area contributed by atoms with Gasteiger partial charge >= 0.3 is 0 Å². The Hall–Kier alpha value is -2.95. The van der Waals surface area contributed by atoms with Crippen LogP contribution in [0.2, 0.25) is 5.02 Å². The molecule has 1 heterocycles. The molecule has 0 fully saturated rings. The summed E-state index contributed by atoms with van der Waals surface area (Å²) in [4.78, 5) is 27.9. The summed E-state index contributed by atoms with van der Waals surface area (Å²) in [5.41, 5.74) is 5.36. The molecule has 0 saturated carbocycles. The zero-order chi connectivity index (χ0) is 22.8. The lowest BCUT2D eigenvalue weighted by molar-refractivity contribution is 0.0982. The summed E-state index contributed by atoms with van der Waals surface area (Å²) in [6.45, 7) is 4.35. The van der Waals surface area contributed by atoms with Crippen LogP contribution in [0, 0.1) is 13.8 Å². The second-order valence-electron chi connectivity index (χ2n) is 8.38. The van der Waals surface area contributed by atoms with E-state index in [-0.39, 0.29) is 18.1 Å². The van der Waals surface area contributed by atoms with Crippen molar-refractivity contribution >= 4 is 29.0 Å². The van der Waals surface area contributed by atoms with Crippen LogP contribution >= 0.6 is 11.6 Å². The Balaban J connectivity index is 1.60. The van der Waals surface area contributed by atoms with Crippen LogP contribution in [0.5, 0.6) is 0 Å². The maximum atomic E-state index is 13.5. The van der Waals surface area contributed by atoms with Crippen molar-refractivity contribution in [2.75, 3.05) is 11.4 Å². The van der Waals surface area contributed by atoms with E-state index >= 15 is 0 Å². The SMILES string of the molecule is Cc1ccccc1C(=O)Cc1ccc(C(=O)N2CCC[C@@H](O)c3cc(Cl)ccc32)c(C)c1.